The monoisotopic (exact) mass is 299 g/mol. The van der Waals surface area contributed by atoms with Gasteiger partial charge in [-0.1, -0.05) is 24.3 Å². The largest absolute Gasteiger partial charge is 0.324 e. The van der Waals surface area contributed by atoms with Crippen molar-refractivity contribution < 1.29 is 14.0 Å². The lowest BCUT2D eigenvalue weighted by atomic mass is 10.0. The number of hydrogen-bond donors (Lipinski definition) is 1. The minimum absolute atomic E-state index is 0.0279. The zero-order chi connectivity index (χ0) is 16.1. The molecule has 114 valence electrons. The molecule has 0 unspecified atom stereocenters. The second-order valence-electron chi connectivity index (χ2n) is 5.25. The fourth-order valence-corrected chi connectivity index (χ4v) is 2.06. The maximum absolute atomic E-state index is 13.4. The molecular weight excluding hydrogens is 281 g/mol. The number of anilines is 1. The van der Waals surface area contributed by atoms with Crippen molar-refractivity contribution in [2.45, 2.75) is 26.7 Å². The number of ketones is 1. The zero-order valence-electron chi connectivity index (χ0n) is 12.7. The summed E-state index contributed by atoms with van der Waals surface area (Å²) in [5.74, 6) is -0.953. The highest BCUT2D eigenvalue weighted by Crippen LogP contribution is 2.15. The maximum atomic E-state index is 13.4. The van der Waals surface area contributed by atoms with Crippen LogP contribution in [0.1, 0.15) is 34.3 Å². The van der Waals surface area contributed by atoms with E-state index >= 15 is 0 Å². The van der Waals surface area contributed by atoms with Crippen LogP contribution in [0.3, 0.4) is 0 Å². The molecule has 0 heterocycles. The first kappa shape index (κ1) is 15.9. The van der Waals surface area contributed by atoms with E-state index in [0.29, 0.717) is 5.56 Å². The van der Waals surface area contributed by atoms with Gasteiger partial charge in [0.1, 0.15) is 5.82 Å². The van der Waals surface area contributed by atoms with Crippen LogP contribution < -0.4 is 5.32 Å². The Bertz CT molecular complexity index is 710. The summed E-state index contributed by atoms with van der Waals surface area (Å²) in [5, 5.41) is 2.47. The van der Waals surface area contributed by atoms with Gasteiger partial charge in [0, 0.05) is 18.4 Å². The number of aryl methyl sites for hydroxylation is 2. The van der Waals surface area contributed by atoms with Crippen molar-refractivity contribution in [1.29, 1.82) is 0 Å². The van der Waals surface area contributed by atoms with E-state index in [4.69, 9.17) is 0 Å². The zero-order valence-corrected chi connectivity index (χ0v) is 12.7. The van der Waals surface area contributed by atoms with Gasteiger partial charge in [0.15, 0.2) is 5.78 Å². The molecule has 0 fully saturated rings. The fourth-order valence-electron chi connectivity index (χ4n) is 2.06. The molecule has 1 N–H and O–H groups in total. The molecule has 4 heteroatoms. The Morgan fingerprint density at radius 1 is 1.00 bits per heavy atom. The molecule has 0 radical (unpaired) electrons. The number of nitrogens with one attached hydrogen (secondary N) is 1. The number of benzene rings is 2. The van der Waals surface area contributed by atoms with Crippen molar-refractivity contribution in [3.8, 4) is 0 Å². The summed E-state index contributed by atoms with van der Waals surface area (Å²) in [6.45, 7) is 3.92. The molecule has 3 nitrogen and oxygen atoms in total. The van der Waals surface area contributed by atoms with E-state index in [0.717, 1.165) is 11.1 Å². The first-order valence-electron chi connectivity index (χ1n) is 7.12. The lowest BCUT2D eigenvalue weighted by Crippen LogP contribution is -2.14. The maximum Gasteiger partial charge on any atom is 0.224 e. The average molecular weight is 299 g/mol. The van der Waals surface area contributed by atoms with Crippen LogP contribution in [0.15, 0.2) is 42.5 Å². The van der Waals surface area contributed by atoms with E-state index in [1.807, 2.05) is 26.0 Å². The smallest absolute Gasteiger partial charge is 0.224 e. The van der Waals surface area contributed by atoms with Crippen molar-refractivity contribution in [2.75, 3.05) is 5.32 Å². The van der Waals surface area contributed by atoms with Crippen molar-refractivity contribution in [3.05, 3.63) is 65.0 Å². The number of rotatable bonds is 5. The highest BCUT2D eigenvalue weighted by atomic mass is 19.1. The van der Waals surface area contributed by atoms with Gasteiger partial charge in [-0.05, 0) is 43.2 Å². The van der Waals surface area contributed by atoms with Gasteiger partial charge < -0.3 is 5.32 Å². The van der Waals surface area contributed by atoms with E-state index in [2.05, 4.69) is 5.32 Å². The Hall–Kier alpha value is -2.49. The SMILES string of the molecule is Cc1ccc(C(=O)CCC(=O)Nc2ccccc2F)cc1C. The second-order valence-corrected chi connectivity index (χ2v) is 5.25. The van der Waals surface area contributed by atoms with Crippen LogP contribution in [-0.4, -0.2) is 11.7 Å². The van der Waals surface area contributed by atoms with Crippen LogP contribution in [0.4, 0.5) is 10.1 Å². The molecule has 0 saturated heterocycles. The van der Waals surface area contributed by atoms with Crippen molar-refractivity contribution >= 4 is 17.4 Å². The predicted octanol–water partition coefficient (Wildman–Crippen LogP) is 4.04. The number of carbonyl (C=O) groups excluding carboxylic acids is 2. The first-order valence-corrected chi connectivity index (χ1v) is 7.12. The second kappa shape index (κ2) is 6.98. The number of carbonyl (C=O) groups is 2. The van der Waals surface area contributed by atoms with E-state index in [1.54, 1.807) is 18.2 Å². The van der Waals surface area contributed by atoms with Crippen LogP contribution in [0.2, 0.25) is 0 Å². The molecule has 0 saturated carbocycles. The number of Topliss-reactive ketones (excluding diaryl/α,β-unsaturated/α-hetero) is 1. The fraction of sp³-hybridized carbons (Fsp3) is 0.222. The van der Waals surface area contributed by atoms with Gasteiger partial charge in [0.05, 0.1) is 5.69 Å². The van der Waals surface area contributed by atoms with Crippen LogP contribution in [0, 0.1) is 19.7 Å². The molecule has 0 bridgehead atoms. The normalized spacial score (nSPS) is 10.3. The number of para-hydroxylation sites is 1. The molecule has 0 atom stereocenters. The third-order valence-electron chi connectivity index (χ3n) is 3.56. The van der Waals surface area contributed by atoms with E-state index in [1.165, 1.54) is 12.1 Å². The third-order valence-corrected chi connectivity index (χ3v) is 3.56. The van der Waals surface area contributed by atoms with Crippen molar-refractivity contribution in [1.82, 2.24) is 0 Å². The lowest BCUT2D eigenvalue weighted by molar-refractivity contribution is -0.116. The average Bonchev–Trinajstić information content (AvgIpc) is 2.50. The van der Waals surface area contributed by atoms with Crippen molar-refractivity contribution in [2.24, 2.45) is 0 Å². The summed E-state index contributed by atoms with van der Waals surface area (Å²) in [5.41, 5.74) is 2.89. The van der Waals surface area contributed by atoms with Gasteiger partial charge >= 0.3 is 0 Å². The molecule has 0 aromatic heterocycles. The molecule has 0 aliphatic rings. The van der Waals surface area contributed by atoms with Crippen LogP contribution in [0.25, 0.3) is 0 Å². The summed E-state index contributed by atoms with van der Waals surface area (Å²) < 4.78 is 13.4. The Kier molecular flexibility index (Phi) is 5.04. The standard InChI is InChI=1S/C18H18FNO2/c1-12-7-8-14(11-13(12)2)17(21)9-10-18(22)20-16-6-4-3-5-15(16)19/h3-8,11H,9-10H2,1-2H3,(H,20,22). The van der Waals surface area contributed by atoms with Crippen LogP contribution >= 0.6 is 0 Å². The minimum atomic E-state index is -0.490. The summed E-state index contributed by atoms with van der Waals surface area (Å²) >= 11 is 0. The van der Waals surface area contributed by atoms with E-state index < -0.39 is 5.82 Å². The highest BCUT2D eigenvalue weighted by Gasteiger charge is 2.11. The summed E-state index contributed by atoms with van der Waals surface area (Å²) in [7, 11) is 0. The van der Waals surface area contributed by atoms with Gasteiger partial charge in [-0.15, -0.1) is 0 Å². The van der Waals surface area contributed by atoms with E-state index in [9.17, 15) is 14.0 Å². The molecule has 22 heavy (non-hydrogen) atoms. The van der Waals surface area contributed by atoms with Crippen LogP contribution in [-0.2, 0) is 4.79 Å². The molecule has 1 amide bonds. The molecule has 0 spiro atoms. The van der Waals surface area contributed by atoms with E-state index in [-0.39, 0.29) is 30.2 Å². The Morgan fingerprint density at radius 3 is 2.41 bits per heavy atom. The van der Waals surface area contributed by atoms with Crippen molar-refractivity contribution in [3.63, 3.8) is 0 Å². The summed E-state index contributed by atoms with van der Waals surface area (Å²) in [6.07, 6.45) is 0.128. The topological polar surface area (TPSA) is 46.2 Å². The number of halogens is 1. The minimum Gasteiger partial charge on any atom is -0.324 e. The van der Waals surface area contributed by atoms with Gasteiger partial charge in [0.2, 0.25) is 5.91 Å². The Balaban J connectivity index is 1.92. The molecule has 2 rings (SSSR count). The summed E-state index contributed by atoms with van der Waals surface area (Å²) in [4.78, 5) is 23.9. The summed E-state index contributed by atoms with van der Waals surface area (Å²) in [6, 6.07) is 11.4. The third kappa shape index (κ3) is 4.01. The quantitative estimate of drug-likeness (QED) is 0.847. The first-order chi connectivity index (χ1) is 10.5. The molecule has 0 aliphatic heterocycles. The number of hydrogen-bond acceptors (Lipinski definition) is 2. The molecular formula is C18H18FNO2. The highest BCUT2D eigenvalue weighted by molar-refractivity contribution is 6.00. The van der Waals surface area contributed by atoms with Gasteiger partial charge in [-0.3, -0.25) is 9.59 Å². The molecule has 2 aromatic carbocycles. The number of amides is 1. The Labute approximate surface area is 129 Å². The van der Waals surface area contributed by atoms with Gasteiger partial charge in [0.25, 0.3) is 0 Å². The molecule has 2 aromatic rings. The Morgan fingerprint density at radius 2 is 1.73 bits per heavy atom. The van der Waals surface area contributed by atoms with Gasteiger partial charge in [-0.2, -0.15) is 0 Å². The predicted molar refractivity (Wildman–Crippen MR) is 84.5 cm³/mol. The van der Waals surface area contributed by atoms with Crippen LogP contribution in [0.5, 0.6) is 0 Å². The van der Waals surface area contributed by atoms with Gasteiger partial charge in [-0.25, -0.2) is 4.39 Å². The lowest BCUT2D eigenvalue weighted by Gasteiger charge is -2.07. The molecule has 0 aliphatic carbocycles.